The molecular formula is C20H23N5O3. The largest absolute Gasteiger partial charge is 0.478 e. The van der Waals surface area contributed by atoms with Gasteiger partial charge in [-0.1, -0.05) is 12.1 Å². The van der Waals surface area contributed by atoms with Crippen molar-refractivity contribution in [3.05, 3.63) is 53.5 Å². The summed E-state index contributed by atoms with van der Waals surface area (Å²) in [6.45, 7) is 3.30. The lowest BCUT2D eigenvalue weighted by atomic mass is 10.1. The molecule has 0 saturated carbocycles. The second kappa shape index (κ2) is 9.09. The van der Waals surface area contributed by atoms with Crippen molar-refractivity contribution in [1.29, 1.82) is 0 Å². The first-order valence-corrected chi connectivity index (χ1v) is 9.04. The molecular weight excluding hydrogens is 358 g/mol. The Hall–Kier alpha value is -3.26. The third-order valence-electron chi connectivity index (χ3n) is 4.37. The minimum Gasteiger partial charge on any atom is -0.478 e. The molecule has 1 unspecified atom stereocenters. The predicted octanol–water partition coefficient (Wildman–Crippen LogP) is 2.61. The summed E-state index contributed by atoms with van der Waals surface area (Å²) in [5.41, 5.74) is 8.91. The van der Waals surface area contributed by atoms with Crippen LogP contribution in [0.3, 0.4) is 0 Å². The second-order valence-corrected chi connectivity index (χ2v) is 6.50. The highest BCUT2D eigenvalue weighted by Gasteiger charge is 2.12. The number of nitrogens with one attached hydrogen (secondary N) is 1. The first-order chi connectivity index (χ1) is 13.6. The molecule has 3 rings (SSSR count). The highest BCUT2D eigenvalue weighted by Crippen LogP contribution is 2.22. The zero-order valence-electron chi connectivity index (χ0n) is 15.6. The van der Waals surface area contributed by atoms with Crippen molar-refractivity contribution in [1.82, 2.24) is 9.97 Å². The number of aromatic carboxylic acids is 1. The molecule has 2 aromatic rings. The standard InChI is InChI=1S/C20H23N5O3/c1-13-10-23-20(24-17(9-21)11-22-16-3-2-8-28-12-16)25-18(13)14-4-6-15(7-5-14)19(26)27/h4-7,9-11,16H,2-3,8,12,21H2,1H3,(H,26,27)(H,23,24,25). The molecule has 1 aliphatic heterocycles. The van der Waals surface area contributed by atoms with Crippen LogP contribution in [0.4, 0.5) is 5.95 Å². The Morgan fingerprint density at radius 2 is 2.18 bits per heavy atom. The Morgan fingerprint density at radius 3 is 2.82 bits per heavy atom. The fourth-order valence-corrected chi connectivity index (χ4v) is 2.84. The minimum atomic E-state index is -0.964. The third-order valence-corrected chi connectivity index (χ3v) is 4.37. The number of ether oxygens (including phenoxy) is 1. The summed E-state index contributed by atoms with van der Waals surface area (Å²) in [5.74, 6) is -0.584. The first-order valence-electron chi connectivity index (χ1n) is 9.04. The maximum absolute atomic E-state index is 11.0. The van der Waals surface area contributed by atoms with Gasteiger partial charge in [-0.25, -0.2) is 14.8 Å². The summed E-state index contributed by atoms with van der Waals surface area (Å²) in [6.07, 6.45) is 6.78. The van der Waals surface area contributed by atoms with E-state index in [1.54, 1.807) is 36.7 Å². The Balaban J connectivity index is 1.76. The maximum Gasteiger partial charge on any atom is 0.335 e. The lowest BCUT2D eigenvalue weighted by molar-refractivity contribution is 0.0697. The zero-order valence-corrected chi connectivity index (χ0v) is 15.6. The minimum absolute atomic E-state index is 0.132. The molecule has 1 fully saturated rings. The summed E-state index contributed by atoms with van der Waals surface area (Å²) in [5, 5.41) is 12.1. The van der Waals surface area contributed by atoms with Gasteiger partial charge in [0.15, 0.2) is 0 Å². The number of anilines is 1. The van der Waals surface area contributed by atoms with E-state index in [9.17, 15) is 4.79 Å². The van der Waals surface area contributed by atoms with Gasteiger partial charge in [0.2, 0.25) is 5.95 Å². The van der Waals surface area contributed by atoms with Crippen LogP contribution in [0.1, 0.15) is 28.8 Å². The van der Waals surface area contributed by atoms with Crippen molar-refractivity contribution in [2.75, 3.05) is 18.5 Å². The van der Waals surface area contributed by atoms with E-state index in [1.165, 1.54) is 6.20 Å². The van der Waals surface area contributed by atoms with Gasteiger partial charge >= 0.3 is 5.97 Å². The van der Waals surface area contributed by atoms with Crippen LogP contribution in [0.2, 0.25) is 0 Å². The van der Waals surface area contributed by atoms with Crippen molar-refractivity contribution < 1.29 is 14.6 Å². The van der Waals surface area contributed by atoms with Gasteiger partial charge in [-0.3, -0.25) is 4.99 Å². The second-order valence-electron chi connectivity index (χ2n) is 6.50. The third kappa shape index (κ3) is 4.92. The van der Waals surface area contributed by atoms with Crippen LogP contribution in [0, 0.1) is 6.92 Å². The van der Waals surface area contributed by atoms with E-state index in [2.05, 4.69) is 20.3 Å². The number of benzene rings is 1. The summed E-state index contributed by atoms with van der Waals surface area (Å²) < 4.78 is 5.42. The van der Waals surface area contributed by atoms with Crippen LogP contribution in [0.5, 0.6) is 0 Å². The number of hydrogen-bond acceptors (Lipinski definition) is 7. The lowest BCUT2D eigenvalue weighted by Gasteiger charge is -2.18. The number of aromatic nitrogens is 2. The zero-order chi connectivity index (χ0) is 19.9. The predicted molar refractivity (Wildman–Crippen MR) is 107 cm³/mol. The summed E-state index contributed by atoms with van der Waals surface area (Å²) in [4.78, 5) is 24.4. The molecule has 0 amide bonds. The van der Waals surface area contributed by atoms with E-state index in [-0.39, 0.29) is 11.6 Å². The highest BCUT2D eigenvalue weighted by molar-refractivity contribution is 5.88. The van der Waals surface area contributed by atoms with E-state index >= 15 is 0 Å². The van der Waals surface area contributed by atoms with Gasteiger partial charge in [-0.15, -0.1) is 0 Å². The van der Waals surface area contributed by atoms with Crippen molar-refractivity contribution in [2.24, 2.45) is 10.7 Å². The number of carboxylic acids is 1. The molecule has 1 aliphatic rings. The SMILES string of the molecule is Cc1cnc(NC(C=NC2CCCOC2)=CN)nc1-c1ccc(C(=O)O)cc1. The monoisotopic (exact) mass is 381 g/mol. The van der Waals surface area contributed by atoms with Gasteiger partial charge in [0.1, 0.15) is 0 Å². The summed E-state index contributed by atoms with van der Waals surface area (Å²) in [6, 6.07) is 6.69. The molecule has 8 nitrogen and oxygen atoms in total. The fourth-order valence-electron chi connectivity index (χ4n) is 2.84. The van der Waals surface area contributed by atoms with Crippen LogP contribution in [0.25, 0.3) is 11.3 Å². The van der Waals surface area contributed by atoms with Crippen molar-refractivity contribution in [3.63, 3.8) is 0 Å². The van der Waals surface area contributed by atoms with E-state index in [0.29, 0.717) is 23.9 Å². The topological polar surface area (TPSA) is 123 Å². The number of carbonyl (C=O) groups is 1. The number of aliphatic imine (C=N–C) groups is 1. The molecule has 0 radical (unpaired) electrons. The lowest BCUT2D eigenvalue weighted by Crippen LogP contribution is -2.21. The molecule has 4 N–H and O–H groups in total. The number of aryl methyl sites for hydroxylation is 1. The van der Waals surface area contributed by atoms with E-state index in [0.717, 1.165) is 30.6 Å². The normalized spacial score (nSPS) is 17.6. The van der Waals surface area contributed by atoms with E-state index in [4.69, 9.17) is 15.6 Å². The van der Waals surface area contributed by atoms with Crippen LogP contribution in [0.15, 0.2) is 47.4 Å². The number of nitrogens with zero attached hydrogens (tertiary/aromatic N) is 3. The molecule has 1 atom stereocenters. The van der Waals surface area contributed by atoms with Gasteiger partial charge in [0.05, 0.1) is 29.6 Å². The molecule has 0 bridgehead atoms. The fraction of sp³-hybridized carbons (Fsp3) is 0.300. The Bertz CT molecular complexity index is 887. The number of nitrogens with two attached hydrogens (primary N) is 1. The number of hydrogen-bond donors (Lipinski definition) is 3. The van der Waals surface area contributed by atoms with Gasteiger partial charge < -0.3 is 20.9 Å². The molecule has 1 aromatic carbocycles. The Kier molecular flexibility index (Phi) is 6.33. The molecule has 0 spiro atoms. The molecule has 1 aromatic heterocycles. The number of carboxylic acid groups (broad SMARTS) is 1. The number of rotatable bonds is 6. The summed E-state index contributed by atoms with van der Waals surface area (Å²) >= 11 is 0. The highest BCUT2D eigenvalue weighted by atomic mass is 16.5. The summed E-state index contributed by atoms with van der Waals surface area (Å²) in [7, 11) is 0. The molecule has 28 heavy (non-hydrogen) atoms. The van der Waals surface area contributed by atoms with Crippen molar-refractivity contribution in [3.8, 4) is 11.3 Å². The van der Waals surface area contributed by atoms with Crippen LogP contribution >= 0.6 is 0 Å². The molecule has 1 saturated heterocycles. The first kappa shape index (κ1) is 19.5. The van der Waals surface area contributed by atoms with E-state index < -0.39 is 5.97 Å². The average molecular weight is 381 g/mol. The van der Waals surface area contributed by atoms with Gasteiger partial charge in [0, 0.05) is 30.8 Å². The quantitative estimate of drug-likeness (QED) is 0.657. The maximum atomic E-state index is 11.0. The molecule has 0 aliphatic carbocycles. The average Bonchev–Trinajstić information content (AvgIpc) is 2.73. The molecule has 2 heterocycles. The van der Waals surface area contributed by atoms with Crippen LogP contribution < -0.4 is 11.1 Å². The van der Waals surface area contributed by atoms with Crippen molar-refractivity contribution >= 4 is 18.1 Å². The van der Waals surface area contributed by atoms with Gasteiger partial charge in [-0.2, -0.15) is 0 Å². The van der Waals surface area contributed by atoms with E-state index in [1.807, 2.05) is 6.92 Å². The smallest absolute Gasteiger partial charge is 0.335 e. The Morgan fingerprint density at radius 1 is 1.39 bits per heavy atom. The Labute approximate surface area is 163 Å². The number of allylic oxidation sites excluding steroid dienone is 1. The molecule has 146 valence electrons. The van der Waals surface area contributed by atoms with Gasteiger partial charge in [0.25, 0.3) is 0 Å². The molecule has 8 heteroatoms. The van der Waals surface area contributed by atoms with Crippen LogP contribution in [-0.4, -0.2) is 46.5 Å². The van der Waals surface area contributed by atoms with Crippen molar-refractivity contribution in [2.45, 2.75) is 25.8 Å². The van der Waals surface area contributed by atoms with Gasteiger partial charge in [-0.05, 0) is 37.5 Å². The van der Waals surface area contributed by atoms with Crippen LogP contribution in [-0.2, 0) is 4.74 Å².